The maximum absolute atomic E-state index is 8.74. The summed E-state index contributed by atoms with van der Waals surface area (Å²) in [6.45, 7) is 2.82. The lowest BCUT2D eigenvalue weighted by Crippen LogP contribution is -2.15. The second kappa shape index (κ2) is 7.97. The molecule has 1 aromatic rings. The number of oxime groups is 1. The van der Waals surface area contributed by atoms with Crippen LogP contribution in [0.5, 0.6) is 5.75 Å². The molecule has 0 aliphatic carbocycles. The normalized spacial score (nSPS) is 11.6. The summed E-state index contributed by atoms with van der Waals surface area (Å²) in [6.07, 6.45) is 4.59. The molecule has 0 spiro atoms. The van der Waals surface area contributed by atoms with Gasteiger partial charge in [-0.05, 0) is 24.6 Å². The van der Waals surface area contributed by atoms with E-state index in [9.17, 15) is 0 Å². The minimum Gasteiger partial charge on any atom is -0.493 e. The number of amidine groups is 1. The highest BCUT2D eigenvalue weighted by Crippen LogP contribution is 2.23. The summed E-state index contributed by atoms with van der Waals surface area (Å²) in [5.74, 6) is 0.699. The van der Waals surface area contributed by atoms with Gasteiger partial charge in [0.25, 0.3) is 0 Å². The lowest BCUT2D eigenvalue weighted by atomic mass is 10.2. The van der Waals surface area contributed by atoms with E-state index in [1.54, 1.807) is 6.07 Å². The molecular weight excluding hydrogens is 296 g/mol. The third-order valence-corrected chi connectivity index (χ3v) is 3.07. The zero-order valence-electron chi connectivity index (χ0n) is 10.5. The van der Waals surface area contributed by atoms with Crippen molar-refractivity contribution in [2.45, 2.75) is 32.6 Å². The van der Waals surface area contributed by atoms with Crippen molar-refractivity contribution >= 4 is 21.8 Å². The van der Waals surface area contributed by atoms with Gasteiger partial charge in [-0.15, -0.1) is 0 Å². The van der Waals surface area contributed by atoms with Crippen molar-refractivity contribution in [2.75, 3.05) is 6.61 Å². The first kappa shape index (κ1) is 14.8. The third-order valence-electron chi connectivity index (χ3n) is 2.58. The molecule has 5 heteroatoms. The molecule has 0 fully saturated rings. The molecule has 0 radical (unpaired) electrons. The summed E-state index contributed by atoms with van der Waals surface area (Å²) in [7, 11) is 0. The Kier molecular flexibility index (Phi) is 6.57. The Morgan fingerprint density at radius 2 is 2.17 bits per heavy atom. The smallest absolute Gasteiger partial charge is 0.173 e. The molecule has 0 amide bonds. The lowest BCUT2D eigenvalue weighted by molar-refractivity contribution is 0.302. The van der Waals surface area contributed by atoms with Gasteiger partial charge in [0.15, 0.2) is 5.84 Å². The molecule has 0 aromatic heterocycles. The molecule has 1 rings (SSSR count). The molecule has 100 valence electrons. The quantitative estimate of drug-likeness (QED) is 0.266. The van der Waals surface area contributed by atoms with Gasteiger partial charge in [-0.3, -0.25) is 0 Å². The standard InChI is InChI=1S/C13H19BrN2O2/c1-2-3-4-5-8-18-12-7-6-10(14)9-11(12)13(15)16-17/h6-7,9,17H,2-5,8H2,1H3,(H2,15,16). The van der Waals surface area contributed by atoms with Crippen LogP contribution in [0.2, 0.25) is 0 Å². The number of halogens is 1. The molecule has 3 N–H and O–H groups in total. The number of hydrogen-bond donors (Lipinski definition) is 2. The molecule has 0 saturated heterocycles. The number of nitrogens with zero attached hydrogens (tertiary/aromatic N) is 1. The Hall–Kier alpha value is -1.23. The Bertz CT molecular complexity index is 408. The summed E-state index contributed by atoms with van der Waals surface area (Å²) in [5.41, 5.74) is 6.21. The number of ether oxygens (including phenoxy) is 1. The number of rotatable bonds is 7. The second-order valence-electron chi connectivity index (χ2n) is 4.03. The molecular formula is C13H19BrN2O2. The van der Waals surface area contributed by atoms with Crippen LogP contribution < -0.4 is 10.5 Å². The highest BCUT2D eigenvalue weighted by molar-refractivity contribution is 9.10. The fourth-order valence-electron chi connectivity index (χ4n) is 1.59. The summed E-state index contributed by atoms with van der Waals surface area (Å²) in [6, 6.07) is 5.46. The van der Waals surface area contributed by atoms with Gasteiger partial charge < -0.3 is 15.7 Å². The minimum atomic E-state index is 0.0554. The van der Waals surface area contributed by atoms with E-state index < -0.39 is 0 Å². The highest BCUT2D eigenvalue weighted by Gasteiger charge is 2.09. The van der Waals surface area contributed by atoms with Crippen molar-refractivity contribution in [3.8, 4) is 5.75 Å². The first-order chi connectivity index (χ1) is 8.69. The number of unbranched alkanes of at least 4 members (excludes halogenated alkanes) is 3. The van der Waals surface area contributed by atoms with Crippen LogP contribution in [0.4, 0.5) is 0 Å². The molecule has 0 bridgehead atoms. The van der Waals surface area contributed by atoms with Crippen molar-refractivity contribution in [1.82, 2.24) is 0 Å². The van der Waals surface area contributed by atoms with Crippen LogP contribution in [0.1, 0.15) is 38.2 Å². The summed E-state index contributed by atoms with van der Waals surface area (Å²) < 4.78 is 6.53. The molecule has 4 nitrogen and oxygen atoms in total. The molecule has 18 heavy (non-hydrogen) atoms. The average molecular weight is 315 g/mol. The van der Waals surface area contributed by atoms with E-state index in [1.807, 2.05) is 12.1 Å². The van der Waals surface area contributed by atoms with E-state index >= 15 is 0 Å². The Labute approximate surface area is 116 Å². The SMILES string of the molecule is CCCCCCOc1ccc(Br)cc1/C(N)=N/O. The van der Waals surface area contributed by atoms with Gasteiger partial charge in [0.2, 0.25) is 0 Å². The molecule has 0 heterocycles. The van der Waals surface area contributed by atoms with E-state index in [4.69, 9.17) is 15.7 Å². The van der Waals surface area contributed by atoms with Crippen molar-refractivity contribution in [3.63, 3.8) is 0 Å². The van der Waals surface area contributed by atoms with Gasteiger partial charge >= 0.3 is 0 Å². The van der Waals surface area contributed by atoms with Crippen molar-refractivity contribution < 1.29 is 9.94 Å². The van der Waals surface area contributed by atoms with Crippen molar-refractivity contribution in [2.24, 2.45) is 10.9 Å². The van der Waals surface area contributed by atoms with Crippen LogP contribution in [0.15, 0.2) is 27.8 Å². The highest BCUT2D eigenvalue weighted by atomic mass is 79.9. The van der Waals surface area contributed by atoms with Crippen LogP contribution >= 0.6 is 15.9 Å². The van der Waals surface area contributed by atoms with E-state index in [2.05, 4.69) is 28.0 Å². The zero-order valence-corrected chi connectivity index (χ0v) is 12.1. The largest absolute Gasteiger partial charge is 0.493 e. The van der Waals surface area contributed by atoms with Gasteiger partial charge in [-0.1, -0.05) is 47.3 Å². The Morgan fingerprint density at radius 3 is 2.83 bits per heavy atom. The summed E-state index contributed by atoms with van der Waals surface area (Å²) >= 11 is 3.35. The molecule has 0 unspecified atom stereocenters. The van der Waals surface area contributed by atoms with E-state index in [-0.39, 0.29) is 5.84 Å². The Morgan fingerprint density at radius 1 is 1.39 bits per heavy atom. The van der Waals surface area contributed by atoms with E-state index in [1.165, 1.54) is 12.8 Å². The van der Waals surface area contributed by atoms with Crippen LogP contribution in [0.25, 0.3) is 0 Å². The minimum absolute atomic E-state index is 0.0554. The average Bonchev–Trinajstić information content (AvgIpc) is 2.39. The Balaban J connectivity index is 2.64. The fourth-order valence-corrected chi connectivity index (χ4v) is 1.95. The van der Waals surface area contributed by atoms with Gasteiger partial charge in [0, 0.05) is 4.47 Å². The zero-order chi connectivity index (χ0) is 13.4. The van der Waals surface area contributed by atoms with Crippen molar-refractivity contribution in [3.05, 3.63) is 28.2 Å². The van der Waals surface area contributed by atoms with E-state index in [0.29, 0.717) is 17.9 Å². The molecule has 0 aliphatic rings. The number of hydrogen-bond acceptors (Lipinski definition) is 3. The molecule has 0 atom stereocenters. The van der Waals surface area contributed by atoms with Gasteiger partial charge in [-0.2, -0.15) is 0 Å². The van der Waals surface area contributed by atoms with E-state index in [0.717, 1.165) is 17.3 Å². The summed E-state index contributed by atoms with van der Waals surface area (Å²) in [4.78, 5) is 0. The third kappa shape index (κ3) is 4.56. The van der Waals surface area contributed by atoms with Crippen LogP contribution in [-0.4, -0.2) is 17.6 Å². The predicted molar refractivity (Wildman–Crippen MR) is 76.3 cm³/mol. The molecule has 0 saturated carbocycles. The first-order valence-corrected chi connectivity index (χ1v) is 6.88. The summed E-state index contributed by atoms with van der Waals surface area (Å²) in [5, 5.41) is 11.7. The van der Waals surface area contributed by atoms with Crippen molar-refractivity contribution in [1.29, 1.82) is 0 Å². The van der Waals surface area contributed by atoms with Gasteiger partial charge in [0.1, 0.15) is 5.75 Å². The lowest BCUT2D eigenvalue weighted by Gasteiger charge is -2.11. The maximum atomic E-state index is 8.74. The van der Waals surface area contributed by atoms with Crippen LogP contribution in [-0.2, 0) is 0 Å². The van der Waals surface area contributed by atoms with Crippen LogP contribution in [0.3, 0.4) is 0 Å². The molecule has 1 aromatic carbocycles. The first-order valence-electron chi connectivity index (χ1n) is 6.09. The van der Waals surface area contributed by atoms with Gasteiger partial charge in [-0.25, -0.2) is 0 Å². The number of nitrogens with two attached hydrogens (primary N) is 1. The predicted octanol–water partition coefficient (Wildman–Crippen LogP) is 3.50. The monoisotopic (exact) mass is 314 g/mol. The van der Waals surface area contributed by atoms with Gasteiger partial charge in [0.05, 0.1) is 12.2 Å². The maximum Gasteiger partial charge on any atom is 0.173 e. The molecule has 0 aliphatic heterocycles. The fraction of sp³-hybridized carbons (Fsp3) is 0.462. The second-order valence-corrected chi connectivity index (χ2v) is 4.95. The topological polar surface area (TPSA) is 67.8 Å². The number of benzene rings is 1. The van der Waals surface area contributed by atoms with Crippen LogP contribution in [0, 0.1) is 0 Å².